The summed E-state index contributed by atoms with van der Waals surface area (Å²) in [5.74, 6) is 0.795. The number of hydrogen-bond donors (Lipinski definition) is 2. The Hall–Kier alpha value is -0.0800. The minimum atomic E-state index is 0.296. The maximum absolute atomic E-state index is 8.75. The van der Waals surface area contributed by atoms with Gasteiger partial charge in [-0.1, -0.05) is 6.92 Å². The molecule has 54 valence electrons. The van der Waals surface area contributed by atoms with Crippen LogP contribution in [0, 0.1) is 5.92 Å². The lowest BCUT2D eigenvalue weighted by molar-refractivity contribution is 0.198. The van der Waals surface area contributed by atoms with Crippen LogP contribution in [0.3, 0.4) is 0 Å². The topological polar surface area (TPSA) is 32.3 Å². The average molecular weight is 129 g/mol. The third-order valence-corrected chi connectivity index (χ3v) is 1.98. The van der Waals surface area contributed by atoms with Crippen molar-refractivity contribution in [2.24, 2.45) is 5.92 Å². The minimum Gasteiger partial charge on any atom is -0.395 e. The van der Waals surface area contributed by atoms with Crippen molar-refractivity contribution in [3.05, 3.63) is 0 Å². The third-order valence-electron chi connectivity index (χ3n) is 1.98. The molecule has 2 nitrogen and oxygen atoms in total. The van der Waals surface area contributed by atoms with E-state index in [1.165, 1.54) is 6.42 Å². The van der Waals surface area contributed by atoms with Gasteiger partial charge in [0, 0.05) is 6.04 Å². The molecule has 0 radical (unpaired) electrons. The SMILES string of the molecule is CC1CCN[C@@H](CO)C1. The Bertz CT molecular complexity index is 85.0. The summed E-state index contributed by atoms with van der Waals surface area (Å²) < 4.78 is 0. The first-order valence-corrected chi connectivity index (χ1v) is 3.67. The van der Waals surface area contributed by atoms with Gasteiger partial charge in [0.05, 0.1) is 6.61 Å². The lowest BCUT2D eigenvalue weighted by Crippen LogP contribution is -2.39. The smallest absolute Gasteiger partial charge is 0.0584 e. The van der Waals surface area contributed by atoms with Crippen LogP contribution in [0.25, 0.3) is 0 Å². The summed E-state index contributed by atoms with van der Waals surface area (Å²) in [7, 11) is 0. The highest BCUT2D eigenvalue weighted by Crippen LogP contribution is 2.13. The predicted molar refractivity (Wildman–Crippen MR) is 37.3 cm³/mol. The monoisotopic (exact) mass is 129 g/mol. The van der Waals surface area contributed by atoms with E-state index in [-0.39, 0.29) is 0 Å². The van der Waals surface area contributed by atoms with E-state index in [2.05, 4.69) is 12.2 Å². The molecule has 0 amide bonds. The molecule has 1 rings (SSSR count). The van der Waals surface area contributed by atoms with Crippen LogP contribution in [0.4, 0.5) is 0 Å². The first kappa shape index (κ1) is 7.03. The number of aliphatic hydroxyl groups excluding tert-OH is 1. The summed E-state index contributed by atoms with van der Waals surface area (Å²) in [6.07, 6.45) is 2.40. The third kappa shape index (κ3) is 1.95. The van der Waals surface area contributed by atoms with Crippen LogP contribution in [0.2, 0.25) is 0 Å². The highest BCUT2D eigenvalue weighted by Gasteiger charge is 2.16. The van der Waals surface area contributed by atoms with Gasteiger partial charge in [-0.2, -0.15) is 0 Å². The predicted octanol–water partition coefficient (Wildman–Crippen LogP) is 0.367. The van der Waals surface area contributed by atoms with Crippen molar-refractivity contribution in [2.45, 2.75) is 25.8 Å². The zero-order chi connectivity index (χ0) is 6.69. The Labute approximate surface area is 56.3 Å². The lowest BCUT2D eigenvalue weighted by Gasteiger charge is -2.26. The van der Waals surface area contributed by atoms with E-state index in [1.54, 1.807) is 0 Å². The molecule has 0 aromatic heterocycles. The molecule has 1 unspecified atom stereocenters. The molecule has 0 bridgehead atoms. The molecule has 1 heterocycles. The maximum atomic E-state index is 8.75. The largest absolute Gasteiger partial charge is 0.395 e. The fourth-order valence-corrected chi connectivity index (χ4v) is 1.36. The zero-order valence-corrected chi connectivity index (χ0v) is 5.93. The van der Waals surface area contributed by atoms with Gasteiger partial charge < -0.3 is 10.4 Å². The standard InChI is InChI=1S/C7H15NO/c1-6-2-3-8-7(4-6)5-9/h6-9H,2-5H2,1H3/t6?,7-/m1/s1. The van der Waals surface area contributed by atoms with Gasteiger partial charge in [-0.05, 0) is 25.3 Å². The van der Waals surface area contributed by atoms with Gasteiger partial charge in [0.1, 0.15) is 0 Å². The fourth-order valence-electron chi connectivity index (χ4n) is 1.36. The Morgan fingerprint density at radius 2 is 2.44 bits per heavy atom. The normalized spacial score (nSPS) is 36.7. The molecule has 0 aromatic rings. The van der Waals surface area contributed by atoms with Gasteiger partial charge in [-0.25, -0.2) is 0 Å². The van der Waals surface area contributed by atoms with Crippen LogP contribution in [-0.4, -0.2) is 24.3 Å². The summed E-state index contributed by atoms with van der Waals surface area (Å²) in [5.41, 5.74) is 0. The molecular formula is C7H15NO. The number of hydrogen-bond acceptors (Lipinski definition) is 2. The molecule has 2 heteroatoms. The van der Waals surface area contributed by atoms with Crippen LogP contribution in [0.15, 0.2) is 0 Å². The number of piperidine rings is 1. The second kappa shape index (κ2) is 3.18. The number of aliphatic hydroxyl groups is 1. The van der Waals surface area contributed by atoms with Gasteiger partial charge in [0.15, 0.2) is 0 Å². The zero-order valence-electron chi connectivity index (χ0n) is 5.93. The first-order chi connectivity index (χ1) is 4.33. The van der Waals surface area contributed by atoms with E-state index in [0.29, 0.717) is 12.6 Å². The molecule has 9 heavy (non-hydrogen) atoms. The number of rotatable bonds is 1. The molecule has 0 aromatic carbocycles. The summed E-state index contributed by atoms with van der Waals surface area (Å²) in [5, 5.41) is 12.0. The highest BCUT2D eigenvalue weighted by molar-refractivity contribution is 4.74. The fraction of sp³-hybridized carbons (Fsp3) is 1.00. The van der Waals surface area contributed by atoms with Crippen molar-refractivity contribution in [3.63, 3.8) is 0 Å². The molecule has 1 fully saturated rings. The van der Waals surface area contributed by atoms with Gasteiger partial charge in [0.25, 0.3) is 0 Å². The van der Waals surface area contributed by atoms with Crippen LogP contribution in [0.5, 0.6) is 0 Å². The van der Waals surface area contributed by atoms with Gasteiger partial charge >= 0.3 is 0 Å². The Morgan fingerprint density at radius 1 is 1.67 bits per heavy atom. The van der Waals surface area contributed by atoms with Crippen molar-refractivity contribution >= 4 is 0 Å². The van der Waals surface area contributed by atoms with E-state index >= 15 is 0 Å². The molecule has 0 saturated carbocycles. The minimum absolute atomic E-state index is 0.296. The van der Waals surface area contributed by atoms with Gasteiger partial charge in [-0.15, -0.1) is 0 Å². The first-order valence-electron chi connectivity index (χ1n) is 3.67. The lowest BCUT2D eigenvalue weighted by atomic mass is 9.95. The molecule has 2 N–H and O–H groups in total. The van der Waals surface area contributed by atoms with Crippen molar-refractivity contribution in [3.8, 4) is 0 Å². The second-order valence-electron chi connectivity index (χ2n) is 2.96. The molecular weight excluding hydrogens is 114 g/mol. The molecule has 0 spiro atoms. The summed E-state index contributed by atoms with van der Waals surface area (Å²) >= 11 is 0. The van der Waals surface area contributed by atoms with E-state index in [0.717, 1.165) is 18.9 Å². The summed E-state index contributed by atoms with van der Waals surface area (Å²) in [6, 6.07) is 0.369. The van der Waals surface area contributed by atoms with Crippen molar-refractivity contribution in [2.75, 3.05) is 13.2 Å². The van der Waals surface area contributed by atoms with Crippen molar-refractivity contribution < 1.29 is 5.11 Å². The Balaban J connectivity index is 2.23. The second-order valence-corrected chi connectivity index (χ2v) is 2.96. The molecule has 1 saturated heterocycles. The summed E-state index contributed by atoms with van der Waals surface area (Å²) in [4.78, 5) is 0. The highest BCUT2D eigenvalue weighted by atomic mass is 16.3. The van der Waals surface area contributed by atoms with Crippen LogP contribution < -0.4 is 5.32 Å². The van der Waals surface area contributed by atoms with E-state index in [9.17, 15) is 0 Å². The van der Waals surface area contributed by atoms with Crippen LogP contribution in [-0.2, 0) is 0 Å². The Kier molecular flexibility index (Phi) is 2.49. The molecule has 1 aliphatic heterocycles. The van der Waals surface area contributed by atoms with Gasteiger partial charge in [0.2, 0.25) is 0 Å². The quantitative estimate of drug-likeness (QED) is 0.536. The molecule has 2 atom stereocenters. The van der Waals surface area contributed by atoms with Crippen LogP contribution >= 0.6 is 0 Å². The number of nitrogens with one attached hydrogen (secondary N) is 1. The van der Waals surface area contributed by atoms with E-state index in [4.69, 9.17) is 5.11 Å². The van der Waals surface area contributed by atoms with Gasteiger partial charge in [-0.3, -0.25) is 0 Å². The van der Waals surface area contributed by atoms with E-state index in [1.807, 2.05) is 0 Å². The Morgan fingerprint density at radius 3 is 2.89 bits per heavy atom. The molecule has 0 aliphatic carbocycles. The average Bonchev–Trinajstić information content (AvgIpc) is 1.88. The van der Waals surface area contributed by atoms with Crippen LogP contribution in [0.1, 0.15) is 19.8 Å². The van der Waals surface area contributed by atoms with E-state index < -0.39 is 0 Å². The summed E-state index contributed by atoms with van der Waals surface area (Å²) in [6.45, 7) is 3.61. The molecule has 1 aliphatic rings. The van der Waals surface area contributed by atoms with Crippen molar-refractivity contribution in [1.29, 1.82) is 0 Å². The maximum Gasteiger partial charge on any atom is 0.0584 e. The van der Waals surface area contributed by atoms with Crippen molar-refractivity contribution in [1.82, 2.24) is 5.32 Å².